The second-order valence-corrected chi connectivity index (χ2v) is 4.69. The Kier molecular flexibility index (Phi) is 2.74. The number of hydrogen-bond donors (Lipinski definition) is 2. The molecule has 1 aliphatic rings. The first kappa shape index (κ1) is 12.3. The molecule has 2 heterocycles. The van der Waals surface area contributed by atoms with Crippen molar-refractivity contribution < 1.29 is 14.4 Å². The smallest absolute Gasteiger partial charge is 0.255 e. The highest BCUT2D eigenvalue weighted by Gasteiger charge is 2.33. The molecule has 0 aliphatic carbocycles. The average molecular weight is 272 g/mol. The molecule has 20 heavy (non-hydrogen) atoms. The number of aromatic nitrogens is 2. The van der Waals surface area contributed by atoms with Gasteiger partial charge in [0, 0.05) is 10.9 Å². The Morgan fingerprint density at radius 1 is 1.40 bits per heavy atom. The summed E-state index contributed by atoms with van der Waals surface area (Å²) in [5, 5.41) is 9.76. The van der Waals surface area contributed by atoms with Crippen LogP contribution in [0.25, 0.3) is 10.9 Å². The van der Waals surface area contributed by atoms with E-state index in [1.165, 1.54) is 4.90 Å². The third kappa shape index (κ3) is 1.93. The molecule has 0 saturated carbocycles. The summed E-state index contributed by atoms with van der Waals surface area (Å²) in [6.07, 6.45) is 1.66. The molecule has 1 fully saturated rings. The fraction of sp³-hybridized carbons (Fsp3) is 0.231. The Labute approximate surface area is 113 Å². The summed E-state index contributed by atoms with van der Waals surface area (Å²) in [6, 6.07) is 4.42. The number of amides is 3. The van der Waals surface area contributed by atoms with Crippen molar-refractivity contribution in [3.05, 3.63) is 30.0 Å². The maximum Gasteiger partial charge on any atom is 0.255 e. The van der Waals surface area contributed by atoms with E-state index in [9.17, 15) is 14.4 Å². The number of carbonyl (C=O) groups is 3. The van der Waals surface area contributed by atoms with Crippen LogP contribution in [0, 0.1) is 0 Å². The lowest BCUT2D eigenvalue weighted by Crippen LogP contribution is -2.58. The lowest BCUT2D eigenvalue weighted by molar-refractivity contribution is -0.138. The molecule has 7 nitrogen and oxygen atoms in total. The van der Waals surface area contributed by atoms with Gasteiger partial charge in [-0.3, -0.25) is 24.8 Å². The zero-order valence-electron chi connectivity index (χ0n) is 10.7. The van der Waals surface area contributed by atoms with Gasteiger partial charge < -0.3 is 4.90 Å². The molecule has 102 valence electrons. The van der Waals surface area contributed by atoms with Gasteiger partial charge in [0.25, 0.3) is 5.91 Å². The Hall–Kier alpha value is -2.70. The van der Waals surface area contributed by atoms with Crippen molar-refractivity contribution in [2.75, 3.05) is 6.54 Å². The summed E-state index contributed by atoms with van der Waals surface area (Å²) >= 11 is 0. The van der Waals surface area contributed by atoms with Gasteiger partial charge in [0.2, 0.25) is 11.8 Å². The summed E-state index contributed by atoms with van der Waals surface area (Å²) in [5.74, 6) is -1.28. The molecular weight excluding hydrogens is 260 g/mol. The van der Waals surface area contributed by atoms with Gasteiger partial charge in [0.05, 0.1) is 11.7 Å². The summed E-state index contributed by atoms with van der Waals surface area (Å²) in [4.78, 5) is 36.7. The molecule has 7 heteroatoms. The van der Waals surface area contributed by atoms with Crippen LogP contribution in [0.4, 0.5) is 0 Å². The van der Waals surface area contributed by atoms with Crippen LogP contribution in [0.1, 0.15) is 17.3 Å². The Morgan fingerprint density at radius 3 is 3.00 bits per heavy atom. The molecule has 2 aromatic rings. The third-order valence-electron chi connectivity index (χ3n) is 3.37. The fourth-order valence-electron chi connectivity index (χ4n) is 2.20. The van der Waals surface area contributed by atoms with E-state index in [0.717, 1.165) is 10.9 Å². The van der Waals surface area contributed by atoms with Crippen LogP contribution in [0.15, 0.2) is 24.4 Å². The van der Waals surface area contributed by atoms with Crippen molar-refractivity contribution in [1.82, 2.24) is 20.4 Å². The zero-order valence-corrected chi connectivity index (χ0v) is 10.7. The van der Waals surface area contributed by atoms with Gasteiger partial charge in [0.1, 0.15) is 12.6 Å². The van der Waals surface area contributed by atoms with Crippen molar-refractivity contribution in [3.63, 3.8) is 0 Å². The number of nitrogens with zero attached hydrogens (tertiary/aromatic N) is 2. The number of nitrogens with one attached hydrogen (secondary N) is 2. The molecule has 0 radical (unpaired) electrons. The number of benzene rings is 1. The minimum absolute atomic E-state index is 0.118. The molecular formula is C13H12N4O3. The van der Waals surface area contributed by atoms with Crippen molar-refractivity contribution in [2.45, 2.75) is 13.0 Å². The first-order valence-electron chi connectivity index (χ1n) is 6.14. The molecule has 3 amide bonds. The maximum absolute atomic E-state index is 12.4. The number of fused-ring (bicyclic) bond motifs is 1. The van der Waals surface area contributed by atoms with Crippen LogP contribution in [-0.4, -0.2) is 45.4 Å². The van der Waals surface area contributed by atoms with E-state index in [1.54, 1.807) is 31.3 Å². The van der Waals surface area contributed by atoms with Gasteiger partial charge in [-0.05, 0) is 19.1 Å². The number of rotatable bonds is 1. The quantitative estimate of drug-likeness (QED) is 0.717. The normalized spacial score (nSPS) is 19.2. The first-order valence-corrected chi connectivity index (χ1v) is 6.14. The van der Waals surface area contributed by atoms with E-state index in [1.807, 2.05) is 0 Å². The number of aromatic amines is 1. The average Bonchev–Trinajstić information content (AvgIpc) is 2.89. The van der Waals surface area contributed by atoms with E-state index < -0.39 is 17.9 Å². The molecule has 1 atom stereocenters. The van der Waals surface area contributed by atoms with E-state index in [4.69, 9.17) is 0 Å². The zero-order chi connectivity index (χ0) is 14.3. The van der Waals surface area contributed by atoms with Crippen LogP contribution in [0.5, 0.6) is 0 Å². The highest BCUT2D eigenvalue weighted by Crippen LogP contribution is 2.16. The van der Waals surface area contributed by atoms with Gasteiger partial charge in [0.15, 0.2) is 0 Å². The highest BCUT2D eigenvalue weighted by atomic mass is 16.2. The molecule has 1 unspecified atom stereocenters. The van der Waals surface area contributed by atoms with E-state index in [-0.39, 0.29) is 12.5 Å². The number of imide groups is 1. The van der Waals surface area contributed by atoms with Crippen LogP contribution in [-0.2, 0) is 9.59 Å². The van der Waals surface area contributed by atoms with Crippen molar-refractivity contribution in [3.8, 4) is 0 Å². The monoisotopic (exact) mass is 272 g/mol. The lowest BCUT2D eigenvalue weighted by atomic mass is 10.1. The van der Waals surface area contributed by atoms with Crippen LogP contribution >= 0.6 is 0 Å². The SMILES string of the molecule is CC1C(=O)NC(=O)CN1C(=O)c1ccc2cn[nH]c2c1. The van der Waals surface area contributed by atoms with E-state index in [2.05, 4.69) is 15.5 Å². The summed E-state index contributed by atoms with van der Waals surface area (Å²) in [5.41, 5.74) is 1.15. The predicted octanol–water partition coefficient (Wildman–Crippen LogP) is 0.0500. The molecule has 1 aromatic heterocycles. The van der Waals surface area contributed by atoms with Gasteiger partial charge in [-0.25, -0.2) is 0 Å². The largest absolute Gasteiger partial charge is 0.318 e. The highest BCUT2D eigenvalue weighted by molar-refractivity contribution is 6.07. The standard InChI is InChI=1S/C13H12N4O3/c1-7-12(19)15-11(18)6-17(7)13(20)8-2-3-9-5-14-16-10(9)4-8/h2-5,7H,6H2,1H3,(H,14,16)(H,15,18,19). The van der Waals surface area contributed by atoms with Gasteiger partial charge >= 0.3 is 0 Å². The second-order valence-electron chi connectivity index (χ2n) is 4.69. The minimum atomic E-state index is -0.669. The van der Waals surface area contributed by atoms with Crippen LogP contribution in [0.3, 0.4) is 0 Å². The molecule has 1 aliphatic heterocycles. The van der Waals surface area contributed by atoms with Gasteiger partial charge in [-0.2, -0.15) is 5.10 Å². The summed E-state index contributed by atoms with van der Waals surface area (Å²) < 4.78 is 0. The van der Waals surface area contributed by atoms with E-state index in [0.29, 0.717) is 5.56 Å². The maximum atomic E-state index is 12.4. The van der Waals surface area contributed by atoms with Crippen molar-refractivity contribution in [2.24, 2.45) is 0 Å². The molecule has 1 saturated heterocycles. The lowest BCUT2D eigenvalue weighted by Gasteiger charge is -2.31. The molecule has 0 spiro atoms. The first-order chi connectivity index (χ1) is 9.56. The number of piperazine rings is 1. The van der Waals surface area contributed by atoms with Gasteiger partial charge in [-0.15, -0.1) is 0 Å². The molecule has 2 N–H and O–H groups in total. The summed E-state index contributed by atoms with van der Waals surface area (Å²) in [6.45, 7) is 1.47. The minimum Gasteiger partial charge on any atom is -0.318 e. The molecule has 1 aromatic carbocycles. The Bertz CT molecular complexity index is 721. The molecule has 0 bridgehead atoms. The second kappa shape index (κ2) is 4.44. The van der Waals surface area contributed by atoms with Crippen molar-refractivity contribution in [1.29, 1.82) is 0 Å². The number of H-pyrrole nitrogens is 1. The number of carbonyl (C=O) groups excluding carboxylic acids is 3. The molecule has 3 rings (SSSR count). The predicted molar refractivity (Wildman–Crippen MR) is 69.7 cm³/mol. The van der Waals surface area contributed by atoms with Crippen LogP contribution < -0.4 is 5.32 Å². The van der Waals surface area contributed by atoms with Gasteiger partial charge in [-0.1, -0.05) is 6.07 Å². The van der Waals surface area contributed by atoms with Crippen molar-refractivity contribution >= 4 is 28.6 Å². The third-order valence-corrected chi connectivity index (χ3v) is 3.37. The Balaban J connectivity index is 1.94. The van der Waals surface area contributed by atoms with Crippen LogP contribution in [0.2, 0.25) is 0 Å². The topological polar surface area (TPSA) is 95.2 Å². The fourth-order valence-corrected chi connectivity index (χ4v) is 2.20. The Morgan fingerprint density at radius 2 is 2.20 bits per heavy atom. The summed E-state index contributed by atoms with van der Waals surface area (Å²) in [7, 11) is 0. The van der Waals surface area contributed by atoms with E-state index >= 15 is 0 Å². The number of hydrogen-bond acceptors (Lipinski definition) is 4.